The highest BCUT2D eigenvalue weighted by Crippen LogP contribution is 2.39. The first-order chi connectivity index (χ1) is 15.3. The van der Waals surface area contributed by atoms with E-state index in [4.69, 9.17) is 23.2 Å². The zero-order valence-corrected chi connectivity index (χ0v) is 20.8. The van der Waals surface area contributed by atoms with Crippen LogP contribution in [-0.4, -0.2) is 26.4 Å². The number of halogens is 2. The summed E-state index contributed by atoms with van der Waals surface area (Å²) in [6.07, 6.45) is 0. The minimum atomic E-state index is -0.199. The summed E-state index contributed by atoms with van der Waals surface area (Å²) in [4.78, 5) is 13.6. The molecule has 0 saturated carbocycles. The second-order valence-electron chi connectivity index (χ2n) is 7.25. The van der Waals surface area contributed by atoms with Crippen molar-refractivity contribution in [1.29, 1.82) is 0 Å². The van der Waals surface area contributed by atoms with E-state index in [0.29, 0.717) is 20.9 Å². The van der Waals surface area contributed by atoms with Crippen LogP contribution in [0.15, 0.2) is 53.0 Å². The number of carbonyl (C=O) groups excluding carboxylic acids is 1. The zero-order valence-electron chi connectivity index (χ0n) is 17.6. The number of benzene rings is 2. The van der Waals surface area contributed by atoms with E-state index in [1.165, 1.54) is 22.2 Å². The summed E-state index contributed by atoms with van der Waals surface area (Å²) in [6.45, 7) is 4.19. The Balaban J connectivity index is 1.52. The standard InChI is InChI=1S/C23H20Cl2N4OS2/c1-13-7-9-15(10-8-13)20-14(2)31-11-16(20)22-27-28-23(29(22)3)32-12-19(30)26-18-6-4-5-17(24)21(18)25/h4-11H,12H2,1-3H3,(H,26,30). The van der Waals surface area contributed by atoms with Gasteiger partial charge in [0.15, 0.2) is 11.0 Å². The van der Waals surface area contributed by atoms with Crippen molar-refractivity contribution >= 4 is 57.9 Å². The van der Waals surface area contributed by atoms with Crippen LogP contribution in [0.25, 0.3) is 22.5 Å². The van der Waals surface area contributed by atoms with Crippen LogP contribution in [-0.2, 0) is 11.8 Å². The summed E-state index contributed by atoms with van der Waals surface area (Å²) in [5.74, 6) is 0.739. The number of aryl methyl sites for hydroxylation is 2. The number of anilines is 1. The number of hydrogen-bond donors (Lipinski definition) is 1. The van der Waals surface area contributed by atoms with E-state index >= 15 is 0 Å². The maximum absolute atomic E-state index is 12.4. The van der Waals surface area contributed by atoms with Gasteiger partial charge in [-0.05, 0) is 31.5 Å². The molecule has 5 nitrogen and oxygen atoms in total. The molecule has 1 N–H and O–H groups in total. The summed E-state index contributed by atoms with van der Waals surface area (Å²) in [6, 6.07) is 13.6. The van der Waals surface area contributed by atoms with Crippen molar-refractivity contribution in [1.82, 2.24) is 14.8 Å². The summed E-state index contributed by atoms with van der Waals surface area (Å²) in [5, 5.41) is 15.0. The van der Waals surface area contributed by atoms with Gasteiger partial charge in [-0.1, -0.05) is 70.9 Å². The third kappa shape index (κ3) is 4.71. The Hall–Kier alpha value is -2.32. The molecule has 2 heterocycles. The van der Waals surface area contributed by atoms with Crippen LogP contribution in [0.3, 0.4) is 0 Å². The third-order valence-electron chi connectivity index (χ3n) is 4.95. The number of carbonyl (C=O) groups is 1. The van der Waals surface area contributed by atoms with Crippen LogP contribution in [0.4, 0.5) is 5.69 Å². The van der Waals surface area contributed by atoms with Crippen molar-refractivity contribution in [3.8, 4) is 22.5 Å². The van der Waals surface area contributed by atoms with E-state index in [9.17, 15) is 4.79 Å². The number of amides is 1. The summed E-state index contributed by atoms with van der Waals surface area (Å²) in [7, 11) is 1.91. The zero-order chi connectivity index (χ0) is 22.8. The van der Waals surface area contributed by atoms with Gasteiger partial charge < -0.3 is 9.88 Å². The van der Waals surface area contributed by atoms with Crippen molar-refractivity contribution in [2.75, 3.05) is 11.1 Å². The molecule has 164 valence electrons. The summed E-state index contributed by atoms with van der Waals surface area (Å²) < 4.78 is 1.92. The molecule has 0 bridgehead atoms. The molecule has 32 heavy (non-hydrogen) atoms. The second-order valence-corrected chi connectivity index (χ2v) is 10.1. The first kappa shape index (κ1) is 22.9. The molecule has 0 fully saturated rings. The lowest BCUT2D eigenvalue weighted by Crippen LogP contribution is -2.14. The van der Waals surface area contributed by atoms with Crippen LogP contribution in [0.1, 0.15) is 10.4 Å². The topological polar surface area (TPSA) is 59.8 Å². The first-order valence-corrected chi connectivity index (χ1v) is 12.4. The highest BCUT2D eigenvalue weighted by Gasteiger charge is 2.19. The van der Waals surface area contributed by atoms with Gasteiger partial charge in [-0.2, -0.15) is 0 Å². The molecular formula is C23H20Cl2N4OS2. The molecule has 4 aromatic rings. The summed E-state index contributed by atoms with van der Waals surface area (Å²) >= 11 is 15.2. The minimum absolute atomic E-state index is 0.169. The molecule has 0 aliphatic rings. The Morgan fingerprint density at radius 1 is 1.12 bits per heavy atom. The van der Waals surface area contributed by atoms with Gasteiger partial charge in [0.1, 0.15) is 0 Å². The van der Waals surface area contributed by atoms with Crippen molar-refractivity contribution in [3.05, 3.63) is 68.3 Å². The van der Waals surface area contributed by atoms with E-state index in [1.807, 2.05) is 11.6 Å². The first-order valence-electron chi connectivity index (χ1n) is 9.76. The Kier molecular flexibility index (Phi) is 6.90. The maximum atomic E-state index is 12.4. The number of thioether (sulfide) groups is 1. The van der Waals surface area contributed by atoms with Crippen LogP contribution < -0.4 is 5.32 Å². The fourth-order valence-electron chi connectivity index (χ4n) is 3.29. The Bertz CT molecular complexity index is 1280. The van der Waals surface area contributed by atoms with Crippen LogP contribution in [0, 0.1) is 13.8 Å². The quantitative estimate of drug-likeness (QED) is 0.292. The predicted octanol–water partition coefficient (Wildman–Crippen LogP) is 6.87. The monoisotopic (exact) mass is 502 g/mol. The molecule has 2 aromatic heterocycles. The molecular weight excluding hydrogens is 483 g/mol. The molecule has 9 heteroatoms. The van der Waals surface area contributed by atoms with E-state index in [0.717, 1.165) is 22.5 Å². The van der Waals surface area contributed by atoms with Crippen LogP contribution in [0.5, 0.6) is 0 Å². The van der Waals surface area contributed by atoms with Gasteiger partial charge in [-0.15, -0.1) is 21.5 Å². The molecule has 1 amide bonds. The lowest BCUT2D eigenvalue weighted by molar-refractivity contribution is -0.113. The summed E-state index contributed by atoms with van der Waals surface area (Å²) in [5.41, 5.74) is 5.06. The Morgan fingerprint density at radius 2 is 1.88 bits per heavy atom. The molecule has 0 unspecified atom stereocenters. The maximum Gasteiger partial charge on any atom is 0.234 e. The number of aromatic nitrogens is 3. The number of hydrogen-bond acceptors (Lipinski definition) is 5. The van der Waals surface area contributed by atoms with Crippen molar-refractivity contribution in [2.45, 2.75) is 19.0 Å². The minimum Gasteiger partial charge on any atom is -0.324 e. The normalized spacial score (nSPS) is 11.0. The van der Waals surface area contributed by atoms with E-state index in [2.05, 4.69) is 59.0 Å². The molecule has 0 radical (unpaired) electrons. The highest BCUT2D eigenvalue weighted by atomic mass is 35.5. The number of nitrogens with zero attached hydrogens (tertiary/aromatic N) is 3. The fraction of sp³-hybridized carbons (Fsp3) is 0.174. The average Bonchev–Trinajstić information content (AvgIpc) is 3.32. The van der Waals surface area contributed by atoms with E-state index in [1.54, 1.807) is 29.5 Å². The molecule has 2 aromatic carbocycles. The number of nitrogens with one attached hydrogen (secondary N) is 1. The van der Waals surface area contributed by atoms with Gasteiger partial charge in [0.25, 0.3) is 0 Å². The van der Waals surface area contributed by atoms with Gasteiger partial charge >= 0.3 is 0 Å². The highest BCUT2D eigenvalue weighted by molar-refractivity contribution is 7.99. The molecule has 0 spiro atoms. The molecule has 0 atom stereocenters. The predicted molar refractivity (Wildman–Crippen MR) is 135 cm³/mol. The Labute approximate surface area is 204 Å². The van der Waals surface area contributed by atoms with Gasteiger partial charge in [0.2, 0.25) is 5.91 Å². The van der Waals surface area contributed by atoms with Crippen molar-refractivity contribution < 1.29 is 4.79 Å². The van der Waals surface area contributed by atoms with E-state index < -0.39 is 0 Å². The fourth-order valence-corrected chi connectivity index (χ4v) is 5.21. The van der Waals surface area contributed by atoms with Crippen LogP contribution >= 0.6 is 46.3 Å². The third-order valence-corrected chi connectivity index (χ3v) is 7.70. The largest absolute Gasteiger partial charge is 0.324 e. The SMILES string of the molecule is Cc1ccc(-c2c(-c3nnc(SCC(=O)Nc4cccc(Cl)c4Cl)n3C)csc2C)cc1. The van der Waals surface area contributed by atoms with Crippen molar-refractivity contribution in [3.63, 3.8) is 0 Å². The second kappa shape index (κ2) is 9.67. The molecule has 0 aliphatic heterocycles. The molecule has 4 rings (SSSR count). The van der Waals surface area contributed by atoms with Gasteiger partial charge in [0.05, 0.1) is 21.5 Å². The van der Waals surface area contributed by atoms with Gasteiger partial charge in [-0.25, -0.2) is 0 Å². The lowest BCUT2D eigenvalue weighted by atomic mass is 10.0. The Morgan fingerprint density at radius 3 is 2.62 bits per heavy atom. The smallest absolute Gasteiger partial charge is 0.234 e. The lowest BCUT2D eigenvalue weighted by Gasteiger charge is -2.09. The molecule has 0 aliphatic carbocycles. The van der Waals surface area contributed by atoms with Crippen molar-refractivity contribution in [2.24, 2.45) is 7.05 Å². The van der Waals surface area contributed by atoms with E-state index in [-0.39, 0.29) is 11.7 Å². The number of thiophene rings is 1. The average molecular weight is 503 g/mol. The number of rotatable bonds is 6. The van der Waals surface area contributed by atoms with Crippen LogP contribution in [0.2, 0.25) is 10.0 Å². The van der Waals surface area contributed by atoms with Gasteiger partial charge in [-0.3, -0.25) is 4.79 Å². The van der Waals surface area contributed by atoms with Gasteiger partial charge in [0, 0.05) is 28.4 Å². The molecule has 0 saturated heterocycles.